The maximum atomic E-state index is 13.1. The minimum Gasteiger partial charge on any atom is -0.441 e. The van der Waals surface area contributed by atoms with Gasteiger partial charge in [-0.2, -0.15) is 0 Å². The average molecular weight is 421 g/mol. The summed E-state index contributed by atoms with van der Waals surface area (Å²) in [4.78, 5) is 26.8. The van der Waals surface area contributed by atoms with Crippen LogP contribution < -0.4 is 5.56 Å². The van der Waals surface area contributed by atoms with Crippen LogP contribution in [0.1, 0.15) is 36.1 Å². The molecule has 0 fully saturated rings. The third-order valence-corrected chi connectivity index (χ3v) is 6.07. The molecule has 0 saturated heterocycles. The Morgan fingerprint density at radius 3 is 2.93 bits per heavy atom. The van der Waals surface area contributed by atoms with Gasteiger partial charge >= 0.3 is 0 Å². The summed E-state index contributed by atoms with van der Waals surface area (Å²) >= 11 is 6.27. The van der Waals surface area contributed by atoms with Crippen LogP contribution >= 0.6 is 11.6 Å². The second kappa shape index (κ2) is 7.36. The van der Waals surface area contributed by atoms with Crippen LogP contribution in [0.25, 0.3) is 22.5 Å². The summed E-state index contributed by atoms with van der Waals surface area (Å²) in [5.41, 5.74) is 4.03. The van der Waals surface area contributed by atoms with Crippen molar-refractivity contribution in [1.82, 2.24) is 19.5 Å². The zero-order valence-corrected chi connectivity index (χ0v) is 17.6. The monoisotopic (exact) mass is 420 g/mol. The number of fused-ring (bicyclic) bond motifs is 2. The third kappa shape index (κ3) is 3.31. The van der Waals surface area contributed by atoms with Crippen LogP contribution in [0.15, 0.2) is 45.9 Å². The van der Waals surface area contributed by atoms with Gasteiger partial charge in [-0.1, -0.05) is 30.7 Å². The number of oxazole rings is 1. The van der Waals surface area contributed by atoms with Crippen LogP contribution in [0.3, 0.4) is 0 Å². The van der Waals surface area contributed by atoms with Gasteiger partial charge in [0.1, 0.15) is 17.8 Å². The molecule has 3 heterocycles. The molecule has 1 atom stereocenters. The van der Waals surface area contributed by atoms with Crippen molar-refractivity contribution in [3.05, 3.63) is 74.7 Å². The highest BCUT2D eigenvalue weighted by Gasteiger charge is 2.20. The summed E-state index contributed by atoms with van der Waals surface area (Å²) in [6.45, 7) is 4.34. The summed E-state index contributed by atoms with van der Waals surface area (Å²) < 4.78 is 7.38. The zero-order chi connectivity index (χ0) is 20.8. The van der Waals surface area contributed by atoms with Gasteiger partial charge < -0.3 is 4.42 Å². The molecule has 4 aromatic rings. The number of halogens is 1. The van der Waals surface area contributed by atoms with E-state index >= 15 is 0 Å². The van der Waals surface area contributed by atoms with E-state index in [1.54, 1.807) is 17.0 Å². The number of rotatable bonds is 3. The van der Waals surface area contributed by atoms with Gasteiger partial charge in [0.15, 0.2) is 5.65 Å². The Morgan fingerprint density at radius 1 is 1.27 bits per heavy atom. The molecule has 0 bridgehead atoms. The van der Waals surface area contributed by atoms with E-state index in [1.165, 1.54) is 0 Å². The molecular weight excluding hydrogens is 400 g/mol. The van der Waals surface area contributed by atoms with Gasteiger partial charge in [0.25, 0.3) is 5.56 Å². The predicted molar refractivity (Wildman–Crippen MR) is 116 cm³/mol. The van der Waals surface area contributed by atoms with Crippen molar-refractivity contribution in [3.8, 4) is 11.5 Å². The lowest BCUT2D eigenvalue weighted by atomic mass is 9.87. The predicted octanol–water partition coefficient (Wildman–Crippen LogP) is 4.58. The molecule has 1 aromatic carbocycles. The van der Waals surface area contributed by atoms with E-state index < -0.39 is 0 Å². The highest BCUT2D eigenvalue weighted by molar-refractivity contribution is 6.33. The normalized spacial score (nSPS) is 16.0. The SMILES string of the molecule is Cc1oc(-c2ccccc2Cl)nc1Cn1cnc2nc3c(cc2c1=O)C[C@@H](C)CC3. The first-order valence-corrected chi connectivity index (χ1v) is 10.5. The topological polar surface area (TPSA) is 73.8 Å². The molecule has 1 aliphatic rings. The molecule has 3 aromatic heterocycles. The quantitative estimate of drug-likeness (QED) is 0.485. The number of benzene rings is 1. The lowest BCUT2D eigenvalue weighted by Gasteiger charge is -2.20. The molecule has 0 amide bonds. The van der Waals surface area contributed by atoms with Gasteiger partial charge in [0.2, 0.25) is 5.89 Å². The van der Waals surface area contributed by atoms with E-state index in [4.69, 9.17) is 16.0 Å². The van der Waals surface area contributed by atoms with Crippen molar-refractivity contribution < 1.29 is 4.42 Å². The first kappa shape index (κ1) is 19.0. The van der Waals surface area contributed by atoms with Gasteiger partial charge in [-0.25, -0.2) is 15.0 Å². The molecule has 0 radical (unpaired) electrons. The number of aromatic nitrogens is 4. The van der Waals surface area contributed by atoms with E-state index in [2.05, 4.69) is 21.9 Å². The molecule has 0 spiro atoms. The lowest BCUT2D eigenvalue weighted by molar-refractivity contribution is 0.495. The van der Waals surface area contributed by atoms with E-state index in [-0.39, 0.29) is 12.1 Å². The Hall–Kier alpha value is -2.99. The molecule has 6 nitrogen and oxygen atoms in total. The molecule has 5 rings (SSSR count). The second-order valence-electron chi connectivity index (χ2n) is 7.99. The van der Waals surface area contributed by atoms with Gasteiger partial charge in [-0.05, 0) is 55.9 Å². The number of hydrogen-bond acceptors (Lipinski definition) is 5. The largest absolute Gasteiger partial charge is 0.441 e. The Labute approximate surface area is 178 Å². The summed E-state index contributed by atoms with van der Waals surface area (Å²) in [5.74, 6) is 1.70. The third-order valence-electron chi connectivity index (χ3n) is 5.74. The molecule has 1 aliphatic carbocycles. The number of hydrogen-bond donors (Lipinski definition) is 0. The average Bonchev–Trinajstić information content (AvgIpc) is 3.09. The molecule has 0 N–H and O–H groups in total. The van der Waals surface area contributed by atoms with E-state index in [0.717, 1.165) is 36.1 Å². The molecule has 0 aliphatic heterocycles. The van der Waals surface area contributed by atoms with E-state index in [9.17, 15) is 4.79 Å². The first-order chi connectivity index (χ1) is 14.5. The van der Waals surface area contributed by atoms with Crippen molar-refractivity contribution >= 4 is 22.6 Å². The Kier molecular flexibility index (Phi) is 4.66. The molecule has 0 unspecified atom stereocenters. The summed E-state index contributed by atoms with van der Waals surface area (Å²) in [6, 6.07) is 9.37. The Balaban J connectivity index is 1.52. The fourth-order valence-electron chi connectivity index (χ4n) is 4.02. The molecule has 152 valence electrons. The minimum atomic E-state index is -0.116. The number of aryl methyl sites for hydroxylation is 2. The van der Waals surface area contributed by atoms with Crippen molar-refractivity contribution in [2.75, 3.05) is 0 Å². The fourth-order valence-corrected chi connectivity index (χ4v) is 4.24. The first-order valence-electron chi connectivity index (χ1n) is 10.1. The highest BCUT2D eigenvalue weighted by atomic mass is 35.5. The van der Waals surface area contributed by atoms with Gasteiger partial charge in [0, 0.05) is 5.69 Å². The minimum absolute atomic E-state index is 0.116. The zero-order valence-electron chi connectivity index (χ0n) is 16.9. The summed E-state index contributed by atoms with van der Waals surface area (Å²) in [7, 11) is 0. The Morgan fingerprint density at radius 2 is 2.10 bits per heavy atom. The van der Waals surface area contributed by atoms with E-state index in [1.807, 2.05) is 31.2 Å². The highest BCUT2D eigenvalue weighted by Crippen LogP contribution is 2.29. The van der Waals surface area contributed by atoms with Crippen molar-refractivity contribution in [1.29, 1.82) is 0 Å². The van der Waals surface area contributed by atoms with Crippen molar-refractivity contribution in [2.45, 2.75) is 39.7 Å². The molecule has 0 saturated carbocycles. The van der Waals surface area contributed by atoms with Crippen LogP contribution in [0.2, 0.25) is 5.02 Å². The van der Waals surface area contributed by atoms with Crippen molar-refractivity contribution in [2.24, 2.45) is 5.92 Å². The van der Waals surface area contributed by atoms with Crippen LogP contribution in [-0.4, -0.2) is 19.5 Å². The molecular formula is C23H21ClN4O2. The number of nitrogens with zero attached hydrogens (tertiary/aromatic N) is 4. The van der Waals surface area contributed by atoms with Crippen molar-refractivity contribution in [3.63, 3.8) is 0 Å². The summed E-state index contributed by atoms with van der Waals surface area (Å²) in [6.07, 6.45) is 4.57. The Bertz CT molecular complexity index is 1320. The fraction of sp³-hybridized carbons (Fsp3) is 0.304. The van der Waals surface area contributed by atoms with Gasteiger partial charge in [0.05, 0.1) is 22.5 Å². The summed E-state index contributed by atoms with van der Waals surface area (Å²) in [5, 5.41) is 1.12. The number of pyridine rings is 1. The van der Waals surface area contributed by atoms with Gasteiger partial charge in [-0.3, -0.25) is 9.36 Å². The van der Waals surface area contributed by atoms with Crippen LogP contribution in [0.4, 0.5) is 0 Å². The smallest absolute Gasteiger partial charge is 0.263 e. The van der Waals surface area contributed by atoms with Crippen LogP contribution in [-0.2, 0) is 19.4 Å². The second-order valence-corrected chi connectivity index (χ2v) is 8.40. The molecule has 7 heteroatoms. The maximum Gasteiger partial charge on any atom is 0.263 e. The molecule has 30 heavy (non-hydrogen) atoms. The van der Waals surface area contributed by atoms with Crippen LogP contribution in [0, 0.1) is 12.8 Å². The maximum absolute atomic E-state index is 13.1. The van der Waals surface area contributed by atoms with Gasteiger partial charge in [-0.15, -0.1) is 0 Å². The van der Waals surface area contributed by atoms with Crippen LogP contribution in [0.5, 0.6) is 0 Å². The van der Waals surface area contributed by atoms with E-state index in [0.29, 0.717) is 39.3 Å². The standard InChI is InChI=1S/C23H21ClN4O2/c1-13-7-8-19-15(9-13)10-17-21(26-19)25-12-28(23(17)29)11-20-14(2)30-22(27-20)16-5-3-4-6-18(16)24/h3-6,10,12-13H,7-9,11H2,1-2H3/t13-/m0/s1. The lowest BCUT2D eigenvalue weighted by Crippen LogP contribution is -2.23.